The van der Waals surface area contributed by atoms with Crippen LogP contribution in [0.5, 0.6) is 11.5 Å². The second kappa shape index (κ2) is 5.45. The van der Waals surface area contributed by atoms with Crippen LogP contribution < -0.4 is 4.74 Å². The Bertz CT molecular complexity index is 615. The SMILES string of the molecule is CCOc1ccc(-c2ccc(O)c(F)c2)c(F)c1Cl. The predicted molar refractivity (Wildman–Crippen MR) is 69.6 cm³/mol. The van der Waals surface area contributed by atoms with E-state index in [2.05, 4.69) is 0 Å². The second-order valence-electron chi connectivity index (χ2n) is 3.84. The van der Waals surface area contributed by atoms with Gasteiger partial charge in [-0.2, -0.15) is 0 Å². The summed E-state index contributed by atoms with van der Waals surface area (Å²) in [5.74, 6) is -1.74. The number of hydrogen-bond donors (Lipinski definition) is 1. The summed E-state index contributed by atoms with van der Waals surface area (Å²) in [6, 6.07) is 6.60. The smallest absolute Gasteiger partial charge is 0.165 e. The van der Waals surface area contributed by atoms with Crippen LogP contribution in [0.25, 0.3) is 11.1 Å². The molecule has 0 saturated carbocycles. The number of aromatic hydroxyl groups is 1. The quantitative estimate of drug-likeness (QED) is 0.906. The number of phenols is 1. The molecule has 19 heavy (non-hydrogen) atoms. The van der Waals surface area contributed by atoms with Gasteiger partial charge in [0.05, 0.1) is 6.61 Å². The third-order valence-electron chi connectivity index (χ3n) is 2.61. The van der Waals surface area contributed by atoms with Crippen molar-refractivity contribution in [3.05, 3.63) is 47.0 Å². The molecule has 0 aliphatic heterocycles. The molecule has 0 radical (unpaired) electrons. The number of hydrogen-bond acceptors (Lipinski definition) is 2. The van der Waals surface area contributed by atoms with Gasteiger partial charge in [0.15, 0.2) is 17.4 Å². The van der Waals surface area contributed by atoms with E-state index >= 15 is 0 Å². The van der Waals surface area contributed by atoms with Crippen molar-refractivity contribution in [3.8, 4) is 22.6 Å². The Morgan fingerprint density at radius 3 is 2.58 bits per heavy atom. The van der Waals surface area contributed by atoms with E-state index in [-0.39, 0.29) is 21.9 Å². The lowest BCUT2D eigenvalue weighted by molar-refractivity contribution is 0.338. The molecule has 0 aliphatic carbocycles. The Labute approximate surface area is 114 Å². The highest BCUT2D eigenvalue weighted by Crippen LogP contribution is 2.35. The molecule has 0 unspecified atom stereocenters. The molecular weight excluding hydrogens is 274 g/mol. The summed E-state index contributed by atoms with van der Waals surface area (Å²) in [4.78, 5) is 0. The van der Waals surface area contributed by atoms with Crippen molar-refractivity contribution in [2.45, 2.75) is 6.92 Å². The summed E-state index contributed by atoms with van der Waals surface area (Å²) in [5.41, 5.74) is 0.435. The highest BCUT2D eigenvalue weighted by Gasteiger charge is 2.15. The molecule has 2 aromatic carbocycles. The molecule has 2 rings (SSSR count). The lowest BCUT2D eigenvalue weighted by atomic mass is 10.0. The van der Waals surface area contributed by atoms with Gasteiger partial charge in [-0.15, -0.1) is 0 Å². The van der Waals surface area contributed by atoms with Crippen molar-refractivity contribution in [1.29, 1.82) is 0 Å². The predicted octanol–water partition coefficient (Wildman–Crippen LogP) is 4.39. The van der Waals surface area contributed by atoms with E-state index in [0.717, 1.165) is 12.1 Å². The fraction of sp³-hybridized carbons (Fsp3) is 0.143. The Morgan fingerprint density at radius 1 is 1.21 bits per heavy atom. The van der Waals surface area contributed by atoms with E-state index < -0.39 is 17.4 Å². The van der Waals surface area contributed by atoms with Gasteiger partial charge in [-0.1, -0.05) is 17.7 Å². The summed E-state index contributed by atoms with van der Waals surface area (Å²) in [6.45, 7) is 2.13. The Hall–Kier alpha value is -1.81. The topological polar surface area (TPSA) is 29.5 Å². The first kappa shape index (κ1) is 13.6. The maximum Gasteiger partial charge on any atom is 0.165 e. The summed E-state index contributed by atoms with van der Waals surface area (Å²) in [7, 11) is 0. The first-order chi connectivity index (χ1) is 9.04. The lowest BCUT2D eigenvalue weighted by Crippen LogP contribution is -1.95. The number of ether oxygens (including phenoxy) is 1. The highest BCUT2D eigenvalue weighted by atomic mass is 35.5. The third kappa shape index (κ3) is 2.63. The molecule has 100 valence electrons. The highest BCUT2D eigenvalue weighted by molar-refractivity contribution is 6.32. The Kier molecular flexibility index (Phi) is 3.90. The molecule has 0 spiro atoms. The molecule has 0 amide bonds. The van der Waals surface area contributed by atoms with Gasteiger partial charge < -0.3 is 9.84 Å². The minimum Gasteiger partial charge on any atom is -0.505 e. The minimum atomic E-state index is -0.818. The van der Waals surface area contributed by atoms with Gasteiger partial charge in [-0.05, 0) is 36.8 Å². The molecule has 0 aliphatic rings. The molecule has 0 atom stereocenters. The average Bonchev–Trinajstić information content (AvgIpc) is 2.39. The fourth-order valence-corrected chi connectivity index (χ4v) is 1.92. The van der Waals surface area contributed by atoms with Crippen molar-refractivity contribution < 1.29 is 18.6 Å². The van der Waals surface area contributed by atoms with Gasteiger partial charge in [0, 0.05) is 5.56 Å². The number of halogens is 3. The van der Waals surface area contributed by atoms with E-state index in [4.69, 9.17) is 21.4 Å². The van der Waals surface area contributed by atoms with Gasteiger partial charge in [-0.25, -0.2) is 8.78 Å². The summed E-state index contributed by atoms with van der Waals surface area (Å²) in [5, 5.41) is 8.97. The normalized spacial score (nSPS) is 10.5. The Balaban J connectivity index is 2.51. The molecule has 0 saturated heterocycles. The van der Waals surface area contributed by atoms with E-state index in [1.165, 1.54) is 18.2 Å². The molecule has 0 heterocycles. The zero-order valence-corrected chi connectivity index (χ0v) is 10.8. The van der Waals surface area contributed by atoms with Gasteiger partial charge in [-0.3, -0.25) is 0 Å². The van der Waals surface area contributed by atoms with Crippen molar-refractivity contribution >= 4 is 11.6 Å². The van der Waals surface area contributed by atoms with Crippen molar-refractivity contribution in [2.75, 3.05) is 6.61 Å². The van der Waals surface area contributed by atoms with E-state index in [0.29, 0.717) is 6.61 Å². The van der Waals surface area contributed by atoms with Crippen LogP contribution >= 0.6 is 11.6 Å². The van der Waals surface area contributed by atoms with E-state index in [9.17, 15) is 8.78 Å². The fourth-order valence-electron chi connectivity index (χ4n) is 1.70. The largest absolute Gasteiger partial charge is 0.505 e. The Morgan fingerprint density at radius 2 is 1.95 bits per heavy atom. The second-order valence-corrected chi connectivity index (χ2v) is 4.22. The maximum absolute atomic E-state index is 14.1. The van der Waals surface area contributed by atoms with Crippen molar-refractivity contribution in [3.63, 3.8) is 0 Å². The van der Waals surface area contributed by atoms with Crippen LogP contribution in [0, 0.1) is 11.6 Å². The van der Waals surface area contributed by atoms with Crippen molar-refractivity contribution in [2.24, 2.45) is 0 Å². The lowest BCUT2D eigenvalue weighted by Gasteiger charge is -2.10. The molecule has 2 nitrogen and oxygen atoms in total. The van der Waals surface area contributed by atoms with Crippen LogP contribution in [0.1, 0.15) is 6.92 Å². The van der Waals surface area contributed by atoms with Crippen LogP contribution in [0.2, 0.25) is 5.02 Å². The van der Waals surface area contributed by atoms with Crippen LogP contribution in [0.3, 0.4) is 0 Å². The first-order valence-corrected chi connectivity index (χ1v) is 6.02. The third-order valence-corrected chi connectivity index (χ3v) is 2.96. The zero-order chi connectivity index (χ0) is 14.0. The van der Waals surface area contributed by atoms with Crippen LogP contribution in [0.4, 0.5) is 8.78 Å². The molecule has 1 N–H and O–H groups in total. The van der Waals surface area contributed by atoms with E-state index in [1.807, 2.05) is 0 Å². The molecule has 0 fully saturated rings. The van der Waals surface area contributed by atoms with Gasteiger partial charge >= 0.3 is 0 Å². The number of phenolic OH excluding ortho intramolecular Hbond substituents is 1. The van der Waals surface area contributed by atoms with Crippen LogP contribution in [0.15, 0.2) is 30.3 Å². The number of rotatable bonds is 3. The van der Waals surface area contributed by atoms with Gasteiger partial charge in [0.2, 0.25) is 0 Å². The van der Waals surface area contributed by atoms with Crippen LogP contribution in [-0.4, -0.2) is 11.7 Å². The molecule has 5 heteroatoms. The first-order valence-electron chi connectivity index (χ1n) is 5.64. The van der Waals surface area contributed by atoms with Crippen molar-refractivity contribution in [1.82, 2.24) is 0 Å². The maximum atomic E-state index is 14.1. The molecular formula is C14H11ClF2O2. The van der Waals surface area contributed by atoms with Gasteiger partial charge in [0.1, 0.15) is 10.8 Å². The van der Waals surface area contributed by atoms with E-state index in [1.54, 1.807) is 6.92 Å². The molecule has 0 aromatic heterocycles. The zero-order valence-electron chi connectivity index (χ0n) is 10.1. The standard InChI is InChI=1S/C14H11ClF2O2/c1-2-19-12-6-4-9(14(17)13(12)15)8-3-5-11(18)10(16)7-8/h3-7,18H,2H2,1H3. The monoisotopic (exact) mass is 284 g/mol. The average molecular weight is 285 g/mol. The molecule has 0 bridgehead atoms. The molecule has 2 aromatic rings. The number of benzene rings is 2. The minimum absolute atomic E-state index is 0.146. The summed E-state index contributed by atoms with van der Waals surface area (Å²) in [6.07, 6.45) is 0. The van der Waals surface area contributed by atoms with Crippen LogP contribution in [-0.2, 0) is 0 Å². The summed E-state index contributed by atoms with van der Waals surface area (Å²) < 4.78 is 32.5. The summed E-state index contributed by atoms with van der Waals surface area (Å²) >= 11 is 5.85. The van der Waals surface area contributed by atoms with Gasteiger partial charge in [0.25, 0.3) is 0 Å².